The highest BCUT2D eigenvalue weighted by molar-refractivity contribution is 6.23. The van der Waals surface area contributed by atoms with Gasteiger partial charge in [-0.3, -0.25) is 9.59 Å². The van der Waals surface area contributed by atoms with Crippen molar-refractivity contribution in [2.24, 2.45) is 0 Å². The summed E-state index contributed by atoms with van der Waals surface area (Å²) in [6.45, 7) is 3.95. The number of ketones is 2. The van der Waals surface area contributed by atoms with Crippen molar-refractivity contribution >= 4 is 17.3 Å². The van der Waals surface area contributed by atoms with Gasteiger partial charge in [-0.05, 0) is 31.0 Å². The first-order valence-electron chi connectivity index (χ1n) is 6.53. The van der Waals surface area contributed by atoms with Crippen molar-refractivity contribution in [1.29, 1.82) is 0 Å². The molecule has 0 saturated carbocycles. The number of Topliss-reactive ketones (excluding diaryl/α,β-unsaturated/α-hetero) is 1. The van der Waals surface area contributed by atoms with Crippen LogP contribution in [0.5, 0.6) is 0 Å². The molecule has 1 aromatic carbocycles. The number of allylic oxidation sites excluding steroid dienone is 2. The zero-order valence-corrected chi connectivity index (χ0v) is 11.7. The van der Waals surface area contributed by atoms with Crippen molar-refractivity contribution in [2.75, 3.05) is 5.32 Å². The van der Waals surface area contributed by atoms with Gasteiger partial charge in [-0.1, -0.05) is 12.1 Å². The van der Waals surface area contributed by atoms with Crippen LogP contribution in [0.15, 0.2) is 42.4 Å². The van der Waals surface area contributed by atoms with Gasteiger partial charge >= 0.3 is 0 Å². The maximum absolute atomic E-state index is 12.4. The molecule has 2 aromatic rings. The summed E-state index contributed by atoms with van der Waals surface area (Å²) in [4.78, 5) is 32.3. The van der Waals surface area contributed by atoms with E-state index in [9.17, 15) is 9.59 Å². The van der Waals surface area contributed by atoms with Crippen LogP contribution < -0.4 is 5.32 Å². The molecule has 1 heterocycles. The predicted octanol–water partition coefficient (Wildman–Crippen LogP) is 2.47. The van der Waals surface area contributed by atoms with Crippen LogP contribution in [0.4, 0.5) is 5.69 Å². The Morgan fingerprint density at radius 1 is 1.00 bits per heavy atom. The van der Waals surface area contributed by atoms with Gasteiger partial charge in [0.1, 0.15) is 11.4 Å². The molecule has 0 fully saturated rings. The predicted molar refractivity (Wildman–Crippen MR) is 78.3 cm³/mol. The Balaban J connectivity index is 2.00. The minimum absolute atomic E-state index is 0.0952. The molecule has 0 radical (unpaired) electrons. The van der Waals surface area contributed by atoms with Gasteiger partial charge in [0.05, 0.1) is 5.70 Å². The molecule has 1 aliphatic carbocycles. The zero-order chi connectivity index (χ0) is 15.0. The lowest BCUT2D eigenvalue weighted by Crippen LogP contribution is -2.24. The van der Waals surface area contributed by atoms with E-state index in [2.05, 4.69) is 15.3 Å². The molecule has 0 saturated heterocycles. The summed E-state index contributed by atoms with van der Waals surface area (Å²) in [7, 11) is 0. The van der Waals surface area contributed by atoms with Crippen molar-refractivity contribution < 1.29 is 9.59 Å². The molecule has 0 unspecified atom stereocenters. The van der Waals surface area contributed by atoms with E-state index < -0.39 is 0 Å². The highest BCUT2D eigenvalue weighted by atomic mass is 16.1. The number of nitrogens with zero attached hydrogens (tertiary/aromatic N) is 2. The van der Waals surface area contributed by atoms with Gasteiger partial charge in [0.15, 0.2) is 0 Å². The van der Waals surface area contributed by atoms with Gasteiger partial charge in [0.25, 0.3) is 0 Å². The Labute approximate surface area is 121 Å². The summed E-state index contributed by atoms with van der Waals surface area (Å²) in [5, 5.41) is 3.03. The quantitative estimate of drug-likeness (QED) is 0.914. The number of carbonyl (C=O) groups is 2. The molecular weight excluding hydrogens is 266 g/mol. The monoisotopic (exact) mass is 279 g/mol. The smallest absolute Gasteiger partial charge is 0.229 e. The maximum atomic E-state index is 12.4. The fraction of sp³-hybridized carbons (Fsp3) is 0.125. The normalized spacial score (nSPS) is 13.7. The van der Waals surface area contributed by atoms with Gasteiger partial charge in [-0.15, -0.1) is 0 Å². The van der Waals surface area contributed by atoms with Crippen LogP contribution in [-0.2, 0) is 0 Å². The van der Waals surface area contributed by atoms with E-state index in [4.69, 9.17) is 0 Å². The molecule has 1 aliphatic rings. The minimum Gasteiger partial charge on any atom is -0.352 e. The third-order valence-electron chi connectivity index (χ3n) is 3.54. The van der Waals surface area contributed by atoms with Crippen LogP contribution in [0.25, 0.3) is 0 Å². The maximum Gasteiger partial charge on any atom is 0.229 e. The third kappa shape index (κ3) is 2.23. The van der Waals surface area contributed by atoms with Crippen molar-refractivity contribution in [3.63, 3.8) is 0 Å². The molecule has 5 nitrogen and oxygen atoms in total. The van der Waals surface area contributed by atoms with E-state index in [1.165, 1.54) is 18.5 Å². The van der Waals surface area contributed by atoms with E-state index in [0.717, 1.165) is 16.8 Å². The lowest BCUT2D eigenvalue weighted by atomic mass is 10.0. The average molecular weight is 279 g/mol. The number of nitrogens with one attached hydrogen (secondary N) is 1. The number of rotatable bonds is 2. The van der Waals surface area contributed by atoms with Crippen LogP contribution >= 0.6 is 0 Å². The number of hydrogen-bond acceptors (Lipinski definition) is 5. The molecule has 0 bridgehead atoms. The molecular formula is C16H13N3O2. The first-order valence-corrected chi connectivity index (χ1v) is 6.53. The van der Waals surface area contributed by atoms with E-state index in [-0.39, 0.29) is 28.7 Å². The Kier molecular flexibility index (Phi) is 3.10. The zero-order valence-electron chi connectivity index (χ0n) is 11.7. The summed E-state index contributed by atoms with van der Waals surface area (Å²) < 4.78 is 0. The number of benzene rings is 1. The topological polar surface area (TPSA) is 72.0 Å². The Morgan fingerprint density at radius 2 is 1.71 bits per heavy atom. The fourth-order valence-electron chi connectivity index (χ4n) is 2.20. The lowest BCUT2D eigenvalue weighted by molar-refractivity contribution is 0.0978. The molecule has 0 aliphatic heterocycles. The molecule has 0 atom stereocenters. The van der Waals surface area contributed by atoms with Crippen molar-refractivity contribution in [1.82, 2.24) is 9.97 Å². The second-order valence-corrected chi connectivity index (χ2v) is 4.88. The van der Waals surface area contributed by atoms with Crippen LogP contribution in [0.2, 0.25) is 0 Å². The molecule has 0 spiro atoms. The van der Waals surface area contributed by atoms with Crippen molar-refractivity contribution in [2.45, 2.75) is 13.8 Å². The SMILES string of the molecule is Cc1cccc(NC2=CC(=O)c3nccnc3C2=O)c1C. The molecule has 21 heavy (non-hydrogen) atoms. The average Bonchev–Trinajstić information content (AvgIpc) is 2.49. The van der Waals surface area contributed by atoms with Crippen molar-refractivity contribution in [3.8, 4) is 0 Å². The molecule has 104 valence electrons. The third-order valence-corrected chi connectivity index (χ3v) is 3.54. The molecule has 3 rings (SSSR count). The van der Waals surface area contributed by atoms with Gasteiger partial charge in [-0.2, -0.15) is 0 Å². The second-order valence-electron chi connectivity index (χ2n) is 4.88. The van der Waals surface area contributed by atoms with Gasteiger partial charge in [-0.25, -0.2) is 9.97 Å². The molecule has 5 heteroatoms. The summed E-state index contributed by atoms with van der Waals surface area (Å²) in [6, 6.07) is 5.75. The highest BCUT2D eigenvalue weighted by Crippen LogP contribution is 2.23. The first kappa shape index (κ1) is 13.2. The van der Waals surface area contributed by atoms with Gasteiger partial charge in [0.2, 0.25) is 11.6 Å². The van der Waals surface area contributed by atoms with Crippen LogP contribution in [-0.4, -0.2) is 21.5 Å². The molecule has 0 amide bonds. The van der Waals surface area contributed by atoms with Gasteiger partial charge < -0.3 is 5.32 Å². The molecule has 1 aromatic heterocycles. The Morgan fingerprint density at radius 3 is 2.48 bits per heavy atom. The van der Waals surface area contributed by atoms with Crippen LogP contribution in [0.3, 0.4) is 0 Å². The highest BCUT2D eigenvalue weighted by Gasteiger charge is 2.28. The number of aryl methyl sites for hydroxylation is 1. The largest absolute Gasteiger partial charge is 0.352 e. The fourth-order valence-corrected chi connectivity index (χ4v) is 2.20. The number of hydrogen-bond donors (Lipinski definition) is 1. The van der Waals surface area contributed by atoms with E-state index in [1.54, 1.807) is 0 Å². The Bertz CT molecular complexity index is 794. The van der Waals surface area contributed by atoms with E-state index in [0.29, 0.717) is 0 Å². The number of carbonyl (C=O) groups excluding carboxylic acids is 2. The summed E-state index contributed by atoms with van der Waals surface area (Å²) >= 11 is 0. The first-order chi connectivity index (χ1) is 10.1. The van der Waals surface area contributed by atoms with E-state index in [1.807, 2.05) is 32.0 Å². The van der Waals surface area contributed by atoms with E-state index >= 15 is 0 Å². The minimum atomic E-state index is -0.321. The summed E-state index contributed by atoms with van der Waals surface area (Å²) in [5.41, 5.74) is 3.36. The number of aromatic nitrogens is 2. The van der Waals surface area contributed by atoms with Crippen LogP contribution in [0.1, 0.15) is 32.1 Å². The number of anilines is 1. The Hall–Kier alpha value is -2.82. The standard InChI is InChI=1S/C16H13N3O2/c1-9-4-3-5-11(10(9)2)19-12-8-13(20)14-15(16(12)21)18-7-6-17-14/h3-8,19H,1-2H3. The summed E-state index contributed by atoms with van der Waals surface area (Å²) in [5.74, 6) is -0.635. The molecule has 1 N–H and O–H groups in total. The lowest BCUT2D eigenvalue weighted by Gasteiger charge is -2.16. The number of fused-ring (bicyclic) bond motifs is 1. The van der Waals surface area contributed by atoms with Crippen LogP contribution in [0, 0.1) is 13.8 Å². The summed E-state index contributed by atoms with van der Waals surface area (Å²) in [6.07, 6.45) is 4.09. The van der Waals surface area contributed by atoms with Gasteiger partial charge in [0, 0.05) is 24.2 Å². The van der Waals surface area contributed by atoms with Crippen molar-refractivity contribution in [3.05, 3.63) is 64.9 Å². The second kappa shape index (κ2) is 4.94.